The highest BCUT2D eigenvalue weighted by Gasteiger charge is 2.05. The molecule has 1 aromatic carbocycles. The van der Waals surface area contributed by atoms with Crippen LogP contribution in [-0.4, -0.2) is 30.2 Å². The maximum absolute atomic E-state index is 5.47. The van der Waals surface area contributed by atoms with Crippen LogP contribution in [0.25, 0.3) is 11.4 Å². The van der Waals surface area contributed by atoms with Gasteiger partial charge in [-0.3, -0.25) is 0 Å². The molecule has 0 saturated carbocycles. The minimum Gasteiger partial charge on any atom is -0.489 e. The number of likely N-dealkylation sites (N-methyl/N-ethyl adjacent to an activating group) is 1. The van der Waals surface area contributed by atoms with Crippen molar-refractivity contribution in [3.63, 3.8) is 0 Å². The van der Waals surface area contributed by atoms with E-state index in [0.717, 1.165) is 16.6 Å². The molecule has 0 unspecified atom stereocenters. The second-order valence-electron chi connectivity index (χ2n) is 3.67. The Hall–Kier alpha value is -1.46. The first-order chi connectivity index (χ1) is 8.81. The van der Waals surface area contributed by atoms with Gasteiger partial charge < -0.3 is 10.1 Å². The Morgan fingerprint density at radius 1 is 1.22 bits per heavy atom. The Morgan fingerprint density at radius 3 is 2.61 bits per heavy atom. The van der Waals surface area contributed by atoms with Crippen molar-refractivity contribution in [1.82, 2.24) is 15.3 Å². The minimum absolute atomic E-state index is 0.605. The second kappa shape index (κ2) is 6.47. The standard InChI is InChI=1S/C13H14BrN3O/c1-15-6-7-18-10-8-16-13(17-9-10)11-4-2-3-5-12(11)14/h2-5,8-9,15H,6-7H2,1H3. The Morgan fingerprint density at radius 2 is 1.94 bits per heavy atom. The SMILES string of the molecule is CNCCOc1cnc(-c2ccccc2Br)nc1. The summed E-state index contributed by atoms with van der Waals surface area (Å²) in [5.74, 6) is 1.37. The zero-order valence-electron chi connectivity index (χ0n) is 10.1. The van der Waals surface area contributed by atoms with Crippen LogP contribution in [0, 0.1) is 0 Å². The summed E-state index contributed by atoms with van der Waals surface area (Å²) < 4.78 is 6.45. The molecule has 0 amide bonds. The van der Waals surface area contributed by atoms with Gasteiger partial charge in [-0.1, -0.05) is 34.1 Å². The van der Waals surface area contributed by atoms with E-state index < -0.39 is 0 Å². The van der Waals surface area contributed by atoms with Gasteiger partial charge >= 0.3 is 0 Å². The number of aromatic nitrogens is 2. The van der Waals surface area contributed by atoms with Gasteiger partial charge in [0.05, 0.1) is 12.4 Å². The quantitative estimate of drug-likeness (QED) is 0.862. The van der Waals surface area contributed by atoms with E-state index in [2.05, 4.69) is 31.2 Å². The van der Waals surface area contributed by atoms with Crippen LogP contribution in [0.5, 0.6) is 5.75 Å². The molecule has 2 rings (SSSR count). The molecule has 0 aliphatic rings. The van der Waals surface area contributed by atoms with Crippen LogP contribution in [0.2, 0.25) is 0 Å². The second-order valence-corrected chi connectivity index (χ2v) is 4.53. The zero-order chi connectivity index (χ0) is 12.8. The van der Waals surface area contributed by atoms with Gasteiger partial charge in [0.25, 0.3) is 0 Å². The molecule has 0 bridgehead atoms. The van der Waals surface area contributed by atoms with Gasteiger partial charge in [0.1, 0.15) is 6.61 Å². The van der Waals surface area contributed by atoms with E-state index in [1.807, 2.05) is 31.3 Å². The molecule has 0 spiro atoms. The summed E-state index contributed by atoms with van der Waals surface area (Å²) in [5, 5.41) is 3.01. The van der Waals surface area contributed by atoms with Crippen LogP contribution in [0.1, 0.15) is 0 Å². The van der Waals surface area contributed by atoms with E-state index in [1.54, 1.807) is 12.4 Å². The highest BCUT2D eigenvalue weighted by molar-refractivity contribution is 9.10. The predicted octanol–water partition coefficient (Wildman–Crippen LogP) is 2.50. The molecule has 1 aromatic heterocycles. The third-order valence-corrected chi connectivity index (χ3v) is 3.06. The summed E-state index contributed by atoms with van der Waals surface area (Å²) in [6.45, 7) is 1.40. The monoisotopic (exact) mass is 307 g/mol. The van der Waals surface area contributed by atoms with Crippen LogP contribution < -0.4 is 10.1 Å². The molecular formula is C13H14BrN3O. The van der Waals surface area contributed by atoms with Gasteiger partial charge in [0.15, 0.2) is 11.6 Å². The molecule has 0 radical (unpaired) electrons. The Bertz CT molecular complexity index is 502. The van der Waals surface area contributed by atoms with Crippen molar-refractivity contribution in [2.75, 3.05) is 20.2 Å². The van der Waals surface area contributed by atoms with Crippen molar-refractivity contribution < 1.29 is 4.74 Å². The maximum atomic E-state index is 5.47. The van der Waals surface area contributed by atoms with Gasteiger partial charge in [0, 0.05) is 16.6 Å². The largest absolute Gasteiger partial charge is 0.489 e. The first-order valence-corrected chi connectivity index (χ1v) is 6.45. The molecule has 1 N–H and O–H groups in total. The molecule has 1 heterocycles. The molecular weight excluding hydrogens is 294 g/mol. The van der Waals surface area contributed by atoms with E-state index in [1.165, 1.54) is 0 Å². The number of ether oxygens (including phenoxy) is 1. The lowest BCUT2D eigenvalue weighted by atomic mass is 10.2. The highest BCUT2D eigenvalue weighted by atomic mass is 79.9. The fourth-order valence-electron chi connectivity index (χ4n) is 1.44. The number of rotatable bonds is 5. The van der Waals surface area contributed by atoms with E-state index >= 15 is 0 Å². The van der Waals surface area contributed by atoms with Crippen molar-refractivity contribution in [3.8, 4) is 17.1 Å². The van der Waals surface area contributed by atoms with Gasteiger partial charge in [-0.25, -0.2) is 9.97 Å². The normalized spacial score (nSPS) is 10.3. The zero-order valence-corrected chi connectivity index (χ0v) is 11.6. The summed E-state index contributed by atoms with van der Waals surface area (Å²) in [4.78, 5) is 8.60. The smallest absolute Gasteiger partial charge is 0.160 e. The lowest BCUT2D eigenvalue weighted by molar-refractivity contribution is 0.316. The topological polar surface area (TPSA) is 47.0 Å². The van der Waals surface area contributed by atoms with Crippen molar-refractivity contribution in [2.45, 2.75) is 0 Å². The summed E-state index contributed by atoms with van der Waals surface area (Å²) >= 11 is 3.48. The van der Waals surface area contributed by atoms with E-state index in [4.69, 9.17) is 4.74 Å². The first kappa shape index (κ1) is 13.0. The first-order valence-electron chi connectivity index (χ1n) is 5.65. The Kier molecular flexibility index (Phi) is 4.66. The number of nitrogens with one attached hydrogen (secondary N) is 1. The number of hydrogen-bond donors (Lipinski definition) is 1. The molecule has 0 aliphatic heterocycles. The molecule has 0 aliphatic carbocycles. The lowest BCUT2D eigenvalue weighted by Crippen LogP contribution is -2.16. The van der Waals surface area contributed by atoms with Crippen molar-refractivity contribution >= 4 is 15.9 Å². The molecule has 18 heavy (non-hydrogen) atoms. The summed E-state index contributed by atoms with van der Waals surface area (Å²) in [5.41, 5.74) is 0.972. The van der Waals surface area contributed by atoms with Crippen LogP contribution in [0.3, 0.4) is 0 Å². The van der Waals surface area contributed by atoms with Gasteiger partial charge in [-0.05, 0) is 13.1 Å². The van der Waals surface area contributed by atoms with E-state index in [9.17, 15) is 0 Å². The van der Waals surface area contributed by atoms with Gasteiger partial charge in [0.2, 0.25) is 0 Å². The molecule has 94 valence electrons. The van der Waals surface area contributed by atoms with Crippen molar-refractivity contribution in [2.24, 2.45) is 0 Å². The summed E-state index contributed by atoms with van der Waals surface area (Å²) in [7, 11) is 1.88. The lowest BCUT2D eigenvalue weighted by Gasteiger charge is -2.06. The maximum Gasteiger partial charge on any atom is 0.160 e. The number of halogens is 1. The van der Waals surface area contributed by atoms with E-state index in [-0.39, 0.29) is 0 Å². The molecule has 0 fully saturated rings. The third kappa shape index (κ3) is 3.27. The van der Waals surface area contributed by atoms with Crippen LogP contribution >= 0.6 is 15.9 Å². The van der Waals surface area contributed by atoms with Gasteiger partial charge in [-0.15, -0.1) is 0 Å². The van der Waals surface area contributed by atoms with E-state index in [0.29, 0.717) is 18.2 Å². The van der Waals surface area contributed by atoms with Gasteiger partial charge in [-0.2, -0.15) is 0 Å². The number of benzene rings is 1. The predicted molar refractivity (Wildman–Crippen MR) is 74.6 cm³/mol. The van der Waals surface area contributed by atoms with Crippen LogP contribution in [-0.2, 0) is 0 Å². The molecule has 2 aromatic rings. The minimum atomic E-state index is 0.605. The molecule has 0 saturated heterocycles. The third-order valence-electron chi connectivity index (χ3n) is 2.36. The summed E-state index contributed by atoms with van der Waals surface area (Å²) in [6.07, 6.45) is 3.38. The number of hydrogen-bond acceptors (Lipinski definition) is 4. The van der Waals surface area contributed by atoms with Crippen molar-refractivity contribution in [1.29, 1.82) is 0 Å². The highest BCUT2D eigenvalue weighted by Crippen LogP contribution is 2.25. The number of nitrogens with zero attached hydrogens (tertiary/aromatic N) is 2. The fraction of sp³-hybridized carbons (Fsp3) is 0.231. The van der Waals surface area contributed by atoms with Crippen LogP contribution in [0.15, 0.2) is 41.1 Å². The summed E-state index contributed by atoms with van der Waals surface area (Å²) in [6, 6.07) is 7.86. The molecule has 0 atom stereocenters. The Labute approximate surface area is 115 Å². The van der Waals surface area contributed by atoms with Crippen molar-refractivity contribution in [3.05, 3.63) is 41.1 Å². The molecule has 4 nitrogen and oxygen atoms in total. The van der Waals surface area contributed by atoms with Crippen LogP contribution in [0.4, 0.5) is 0 Å². The fourth-order valence-corrected chi connectivity index (χ4v) is 1.91. The molecule has 5 heteroatoms. The average molecular weight is 308 g/mol. The average Bonchev–Trinajstić information content (AvgIpc) is 2.41. The Balaban J connectivity index is 2.10.